The molecule has 0 spiro atoms. The number of imidazole rings is 1. The highest BCUT2D eigenvalue weighted by molar-refractivity contribution is 5.90. The van der Waals surface area contributed by atoms with Gasteiger partial charge in [-0.25, -0.2) is 4.98 Å². The molecule has 1 aromatic carbocycles. The number of aromatic amines is 1. The summed E-state index contributed by atoms with van der Waals surface area (Å²) in [5.41, 5.74) is -0.992. The topological polar surface area (TPSA) is 219 Å². The SMILES string of the molecule is O=C(CO[C@H]1C(O)[C@@H](CO)O[C@H]1n1cnc2c(=O)[nH]c(NC(=O)COc3ccccc3)nc21)NCCNC(=O)C(F)(F)F. The van der Waals surface area contributed by atoms with Crippen molar-refractivity contribution in [3.8, 4) is 5.75 Å². The number of nitrogens with one attached hydrogen (secondary N) is 4. The molecule has 4 atom stereocenters. The standard InChI is InChI=1S/C24H26F3N7O9/c25-24(26,27)22(40)29-7-6-28-14(36)9-42-18-17(38)13(8-35)43-21(18)34-11-30-16-19(34)32-23(33-20(16)39)31-15(37)10-41-12-4-2-1-3-5-12/h1-5,11,13,17-18,21,35,38H,6-10H2,(H,28,36)(H,29,40)(H2,31,32,33,37,39)/t13-,17?,18+,21-/m1/s1. The maximum atomic E-state index is 12.6. The number of halogens is 3. The number of aliphatic hydroxyl groups is 2. The van der Waals surface area contributed by atoms with Crippen LogP contribution in [-0.4, -0.2) is 105 Å². The number of ether oxygens (including phenoxy) is 3. The Morgan fingerprint density at radius 3 is 2.51 bits per heavy atom. The van der Waals surface area contributed by atoms with Crippen molar-refractivity contribution in [1.29, 1.82) is 0 Å². The van der Waals surface area contributed by atoms with Crippen LogP contribution in [0, 0.1) is 0 Å². The first kappa shape index (κ1) is 31.3. The number of carbonyl (C=O) groups is 3. The van der Waals surface area contributed by atoms with Gasteiger partial charge in [0.25, 0.3) is 11.5 Å². The summed E-state index contributed by atoms with van der Waals surface area (Å²) < 4.78 is 54.5. The van der Waals surface area contributed by atoms with Gasteiger partial charge >= 0.3 is 12.1 Å². The zero-order valence-corrected chi connectivity index (χ0v) is 22.0. The number of amides is 3. The van der Waals surface area contributed by atoms with E-state index in [4.69, 9.17) is 14.2 Å². The second kappa shape index (κ2) is 13.6. The molecule has 1 fully saturated rings. The molecule has 232 valence electrons. The molecule has 1 saturated heterocycles. The van der Waals surface area contributed by atoms with E-state index in [1.807, 2.05) is 0 Å². The Hall–Kier alpha value is -4.59. The number of alkyl halides is 3. The predicted molar refractivity (Wildman–Crippen MR) is 138 cm³/mol. The van der Waals surface area contributed by atoms with Crippen LogP contribution < -0.4 is 26.2 Å². The van der Waals surface area contributed by atoms with Gasteiger partial charge in [-0.05, 0) is 12.1 Å². The molecule has 16 nitrogen and oxygen atoms in total. The zero-order valence-electron chi connectivity index (χ0n) is 22.0. The van der Waals surface area contributed by atoms with Gasteiger partial charge in [-0.1, -0.05) is 18.2 Å². The van der Waals surface area contributed by atoms with Crippen LogP contribution in [0.4, 0.5) is 19.1 Å². The third-order valence-corrected chi connectivity index (χ3v) is 5.97. The Bertz CT molecular complexity index is 1500. The lowest BCUT2D eigenvalue weighted by atomic mass is 10.1. The van der Waals surface area contributed by atoms with Gasteiger partial charge in [0.2, 0.25) is 11.9 Å². The summed E-state index contributed by atoms with van der Waals surface area (Å²) in [6, 6.07) is 8.51. The normalized spacial score (nSPS) is 20.1. The monoisotopic (exact) mass is 613 g/mol. The fraction of sp³-hybridized carbons (Fsp3) is 0.417. The minimum atomic E-state index is -5.07. The number of H-pyrrole nitrogens is 1. The Balaban J connectivity index is 1.42. The summed E-state index contributed by atoms with van der Waals surface area (Å²) >= 11 is 0. The molecule has 0 saturated carbocycles. The zero-order chi connectivity index (χ0) is 31.1. The van der Waals surface area contributed by atoms with Crippen molar-refractivity contribution in [3.05, 3.63) is 47.0 Å². The van der Waals surface area contributed by atoms with Gasteiger partial charge in [-0.15, -0.1) is 0 Å². The molecule has 4 rings (SSSR count). The minimum absolute atomic E-state index is 0.0997. The first-order valence-corrected chi connectivity index (χ1v) is 12.6. The minimum Gasteiger partial charge on any atom is -0.484 e. The van der Waals surface area contributed by atoms with Gasteiger partial charge in [0.05, 0.1) is 12.9 Å². The van der Waals surface area contributed by atoms with Crippen molar-refractivity contribution in [3.63, 3.8) is 0 Å². The molecule has 0 aliphatic carbocycles. The molecule has 43 heavy (non-hydrogen) atoms. The van der Waals surface area contributed by atoms with Gasteiger partial charge in [-0.3, -0.25) is 34.0 Å². The third kappa shape index (κ3) is 7.83. The molecule has 1 aliphatic heterocycles. The number of aromatic nitrogens is 4. The van der Waals surface area contributed by atoms with Crippen molar-refractivity contribution in [2.45, 2.75) is 30.7 Å². The van der Waals surface area contributed by atoms with Crippen LogP contribution in [-0.2, 0) is 23.9 Å². The summed E-state index contributed by atoms with van der Waals surface area (Å²) in [7, 11) is 0. The molecular formula is C24H26F3N7O9. The lowest BCUT2D eigenvalue weighted by Gasteiger charge is -2.22. The Morgan fingerprint density at radius 1 is 1.09 bits per heavy atom. The van der Waals surface area contributed by atoms with Gasteiger partial charge < -0.3 is 35.1 Å². The summed E-state index contributed by atoms with van der Waals surface area (Å²) in [6.45, 7) is -2.59. The average Bonchev–Trinajstić information content (AvgIpc) is 3.53. The number of rotatable bonds is 12. The van der Waals surface area contributed by atoms with Crippen LogP contribution in [0.2, 0.25) is 0 Å². The highest BCUT2D eigenvalue weighted by Gasteiger charge is 2.46. The van der Waals surface area contributed by atoms with Gasteiger partial charge in [0, 0.05) is 13.1 Å². The molecule has 0 radical (unpaired) electrons. The Labute approximate surface area is 239 Å². The van der Waals surface area contributed by atoms with Gasteiger partial charge in [0.1, 0.15) is 30.7 Å². The van der Waals surface area contributed by atoms with Gasteiger partial charge in [0.15, 0.2) is 24.0 Å². The second-order valence-corrected chi connectivity index (χ2v) is 9.01. The molecule has 0 bridgehead atoms. The van der Waals surface area contributed by atoms with Crippen LogP contribution in [0.3, 0.4) is 0 Å². The first-order chi connectivity index (χ1) is 20.5. The van der Waals surface area contributed by atoms with Crippen LogP contribution in [0.25, 0.3) is 11.2 Å². The number of carbonyl (C=O) groups excluding carboxylic acids is 3. The fourth-order valence-corrected chi connectivity index (χ4v) is 3.98. The molecule has 1 unspecified atom stereocenters. The quantitative estimate of drug-likeness (QED) is 0.130. The smallest absolute Gasteiger partial charge is 0.471 e. The second-order valence-electron chi connectivity index (χ2n) is 9.01. The van der Waals surface area contributed by atoms with E-state index in [1.165, 1.54) is 4.57 Å². The molecule has 3 aromatic rings. The maximum absolute atomic E-state index is 12.6. The van der Waals surface area contributed by atoms with E-state index in [-0.39, 0.29) is 23.7 Å². The van der Waals surface area contributed by atoms with E-state index in [0.29, 0.717) is 5.75 Å². The van der Waals surface area contributed by atoms with E-state index >= 15 is 0 Å². The number of fused-ring (bicyclic) bond motifs is 1. The van der Waals surface area contributed by atoms with Crippen LogP contribution in [0.15, 0.2) is 41.5 Å². The van der Waals surface area contributed by atoms with Crippen LogP contribution in [0.1, 0.15) is 6.23 Å². The molecule has 2 aromatic heterocycles. The largest absolute Gasteiger partial charge is 0.484 e. The molecule has 3 heterocycles. The van der Waals surface area contributed by atoms with E-state index in [9.17, 15) is 42.6 Å². The molecule has 3 amide bonds. The number of hydrogen-bond donors (Lipinski definition) is 6. The molecule has 19 heteroatoms. The average molecular weight is 614 g/mol. The summed E-state index contributed by atoms with van der Waals surface area (Å²) in [6.07, 6.45) is -9.15. The Morgan fingerprint density at radius 2 is 1.81 bits per heavy atom. The maximum Gasteiger partial charge on any atom is 0.471 e. The summed E-state index contributed by atoms with van der Waals surface area (Å²) in [5.74, 6) is -3.42. The predicted octanol–water partition coefficient (Wildman–Crippen LogP) is -1.43. The third-order valence-electron chi connectivity index (χ3n) is 5.97. The number of hydrogen-bond acceptors (Lipinski definition) is 11. The number of nitrogens with zero attached hydrogens (tertiary/aromatic N) is 3. The first-order valence-electron chi connectivity index (χ1n) is 12.6. The van der Waals surface area contributed by atoms with Crippen LogP contribution >= 0.6 is 0 Å². The van der Waals surface area contributed by atoms with Crippen molar-refractivity contribution in [2.24, 2.45) is 0 Å². The van der Waals surface area contributed by atoms with Gasteiger partial charge in [-0.2, -0.15) is 18.2 Å². The molecule has 6 N–H and O–H groups in total. The van der Waals surface area contributed by atoms with E-state index in [0.717, 1.165) is 6.33 Å². The number of benzene rings is 1. The van der Waals surface area contributed by atoms with E-state index in [1.54, 1.807) is 35.6 Å². The highest BCUT2D eigenvalue weighted by Crippen LogP contribution is 2.33. The summed E-state index contributed by atoms with van der Waals surface area (Å²) in [5, 5.41) is 26.5. The number of aliphatic hydroxyl groups excluding tert-OH is 2. The van der Waals surface area contributed by atoms with E-state index in [2.05, 4.69) is 25.6 Å². The molecular weight excluding hydrogens is 587 g/mol. The van der Waals surface area contributed by atoms with Crippen molar-refractivity contribution >= 4 is 34.8 Å². The van der Waals surface area contributed by atoms with Crippen molar-refractivity contribution in [1.82, 2.24) is 30.2 Å². The van der Waals surface area contributed by atoms with Crippen molar-refractivity contribution < 1.29 is 52.0 Å². The fourth-order valence-electron chi connectivity index (χ4n) is 3.98. The van der Waals surface area contributed by atoms with E-state index < -0.39 is 80.4 Å². The highest BCUT2D eigenvalue weighted by atomic mass is 19.4. The molecule has 1 aliphatic rings. The van der Waals surface area contributed by atoms with Crippen LogP contribution in [0.5, 0.6) is 5.75 Å². The lowest BCUT2D eigenvalue weighted by molar-refractivity contribution is -0.173. The number of anilines is 1. The number of para-hydroxylation sites is 1. The van der Waals surface area contributed by atoms with Crippen molar-refractivity contribution in [2.75, 3.05) is 38.2 Å². The lowest BCUT2D eigenvalue weighted by Crippen LogP contribution is -2.42. The summed E-state index contributed by atoms with van der Waals surface area (Å²) in [4.78, 5) is 58.6. The Kier molecular flexibility index (Phi) is 9.91.